The standard InChI is InChI=1S/C23H27N3O2/c1-3-19(4-2)26-10-7-16(8-11-26)21-14-24-22-6-5-18(13-20(21)22)25-23(27)17-9-12-28-15-17/h5-7,9,12-15,19,24H,3-4,8,10-11H2,1-2H3,(H,25,27). The minimum Gasteiger partial charge on any atom is -0.472 e. The van der Waals surface area contributed by atoms with Gasteiger partial charge < -0.3 is 14.7 Å². The van der Waals surface area contributed by atoms with Gasteiger partial charge in [-0.15, -0.1) is 0 Å². The molecule has 5 nitrogen and oxygen atoms in total. The zero-order valence-corrected chi connectivity index (χ0v) is 16.5. The maximum Gasteiger partial charge on any atom is 0.258 e. The van der Waals surface area contributed by atoms with E-state index in [0.29, 0.717) is 11.6 Å². The summed E-state index contributed by atoms with van der Waals surface area (Å²) in [5.41, 5.74) is 5.01. The van der Waals surface area contributed by atoms with Crippen molar-refractivity contribution in [3.63, 3.8) is 0 Å². The SMILES string of the molecule is CCC(CC)N1CC=C(c2c[nH]c3ccc(NC(=O)c4ccoc4)cc23)CC1. The minimum absolute atomic E-state index is 0.164. The first-order chi connectivity index (χ1) is 13.7. The van der Waals surface area contributed by atoms with E-state index in [9.17, 15) is 4.79 Å². The molecular weight excluding hydrogens is 350 g/mol. The van der Waals surface area contributed by atoms with Gasteiger partial charge in [0, 0.05) is 47.5 Å². The molecule has 4 rings (SSSR count). The molecule has 3 heterocycles. The molecular formula is C23H27N3O2. The minimum atomic E-state index is -0.164. The Balaban J connectivity index is 1.56. The van der Waals surface area contributed by atoms with Crippen LogP contribution in [0.3, 0.4) is 0 Å². The summed E-state index contributed by atoms with van der Waals surface area (Å²) in [6.45, 7) is 6.64. The lowest BCUT2D eigenvalue weighted by Crippen LogP contribution is -2.37. The van der Waals surface area contributed by atoms with E-state index in [1.54, 1.807) is 6.07 Å². The third-order valence-corrected chi connectivity index (χ3v) is 5.77. The van der Waals surface area contributed by atoms with Gasteiger partial charge in [-0.3, -0.25) is 9.69 Å². The molecule has 0 atom stereocenters. The summed E-state index contributed by atoms with van der Waals surface area (Å²) in [5.74, 6) is -0.164. The predicted molar refractivity (Wildman–Crippen MR) is 113 cm³/mol. The lowest BCUT2D eigenvalue weighted by Gasteiger charge is -2.33. The number of anilines is 1. The number of amides is 1. The fourth-order valence-corrected chi connectivity index (χ4v) is 4.13. The number of nitrogens with one attached hydrogen (secondary N) is 2. The molecule has 1 amide bonds. The van der Waals surface area contributed by atoms with E-state index in [1.807, 2.05) is 18.2 Å². The summed E-state index contributed by atoms with van der Waals surface area (Å²) in [4.78, 5) is 18.2. The molecule has 0 spiro atoms. The van der Waals surface area contributed by atoms with Gasteiger partial charge in [-0.25, -0.2) is 0 Å². The fourth-order valence-electron chi connectivity index (χ4n) is 4.13. The lowest BCUT2D eigenvalue weighted by atomic mass is 9.97. The van der Waals surface area contributed by atoms with Crippen LogP contribution in [-0.2, 0) is 0 Å². The molecule has 0 aliphatic carbocycles. The highest BCUT2D eigenvalue weighted by Crippen LogP contribution is 2.31. The Kier molecular flexibility index (Phi) is 5.35. The summed E-state index contributed by atoms with van der Waals surface area (Å²) >= 11 is 0. The normalized spacial score (nSPS) is 15.2. The Morgan fingerprint density at radius 3 is 2.82 bits per heavy atom. The third kappa shape index (κ3) is 3.62. The molecule has 0 fully saturated rings. The second kappa shape index (κ2) is 8.07. The van der Waals surface area contributed by atoms with Crippen LogP contribution in [-0.4, -0.2) is 34.9 Å². The van der Waals surface area contributed by atoms with Gasteiger partial charge in [0.2, 0.25) is 0 Å². The molecule has 28 heavy (non-hydrogen) atoms. The van der Waals surface area contributed by atoms with E-state index in [-0.39, 0.29) is 5.91 Å². The molecule has 0 saturated carbocycles. The van der Waals surface area contributed by atoms with Crippen molar-refractivity contribution in [1.82, 2.24) is 9.88 Å². The molecule has 0 saturated heterocycles. The highest BCUT2D eigenvalue weighted by molar-refractivity contribution is 6.05. The summed E-state index contributed by atoms with van der Waals surface area (Å²) < 4.78 is 4.99. The van der Waals surface area contributed by atoms with E-state index < -0.39 is 0 Å². The summed E-state index contributed by atoms with van der Waals surface area (Å²) in [5, 5.41) is 4.10. The van der Waals surface area contributed by atoms with Crippen molar-refractivity contribution in [3.8, 4) is 0 Å². The van der Waals surface area contributed by atoms with Gasteiger partial charge in [-0.1, -0.05) is 19.9 Å². The van der Waals surface area contributed by atoms with Gasteiger partial charge in [0.05, 0.1) is 11.8 Å². The number of carbonyl (C=O) groups excluding carboxylic acids is 1. The van der Waals surface area contributed by atoms with Crippen LogP contribution in [0.5, 0.6) is 0 Å². The Bertz CT molecular complexity index is 981. The van der Waals surface area contributed by atoms with E-state index in [4.69, 9.17) is 4.42 Å². The van der Waals surface area contributed by atoms with Crippen LogP contribution in [0.1, 0.15) is 49.0 Å². The van der Waals surface area contributed by atoms with Crippen LogP contribution in [0.2, 0.25) is 0 Å². The van der Waals surface area contributed by atoms with E-state index in [0.717, 1.165) is 36.1 Å². The number of hydrogen-bond donors (Lipinski definition) is 2. The van der Waals surface area contributed by atoms with Crippen molar-refractivity contribution in [1.29, 1.82) is 0 Å². The number of H-pyrrole nitrogens is 1. The molecule has 3 aromatic rings. The maximum atomic E-state index is 12.3. The molecule has 2 N–H and O–H groups in total. The number of rotatable bonds is 6. The van der Waals surface area contributed by atoms with Crippen molar-refractivity contribution in [3.05, 3.63) is 60.2 Å². The van der Waals surface area contributed by atoms with Gasteiger partial charge in [-0.05, 0) is 49.1 Å². The van der Waals surface area contributed by atoms with Crippen LogP contribution in [0, 0.1) is 0 Å². The van der Waals surface area contributed by atoms with Crippen LogP contribution in [0.15, 0.2) is 53.5 Å². The molecule has 5 heteroatoms. The van der Waals surface area contributed by atoms with Gasteiger partial charge in [0.25, 0.3) is 5.91 Å². The van der Waals surface area contributed by atoms with Gasteiger partial charge >= 0.3 is 0 Å². The average Bonchev–Trinajstić information content (AvgIpc) is 3.39. The average molecular weight is 377 g/mol. The van der Waals surface area contributed by atoms with Crippen molar-refractivity contribution >= 4 is 28.1 Å². The molecule has 0 radical (unpaired) electrons. The first-order valence-electron chi connectivity index (χ1n) is 10.1. The van der Waals surface area contributed by atoms with Crippen molar-refractivity contribution in [2.75, 3.05) is 18.4 Å². The third-order valence-electron chi connectivity index (χ3n) is 5.77. The highest BCUT2D eigenvalue weighted by atomic mass is 16.3. The lowest BCUT2D eigenvalue weighted by molar-refractivity contribution is 0.102. The van der Waals surface area contributed by atoms with Gasteiger partial charge in [-0.2, -0.15) is 0 Å². The number of hydrogen-bond acceptors (Lipinski definition) is 3. The Morgan fingerprint density at radius 1 is 1.29 bits per heavy atom. The van der Waals surface area contributed by atoms with E-state index in [1.165, 1.54) is 36.5 Å². The number of aromatic amines is 1. The van der Waals surface area contributed by atoms with Crippen LogP contribution >= 0.6 is 0 Å². The molecule has 1 aliphatic heterocycles. The quantitative estimate of drug-likeness (QED) is 0.613. The highest BCUT2D eigenvalue weighted by Gasteiger charge is 2.20. The fraction of sp³-hybridized carbons (Fsp3) is 0.348. The second-order valence-corrected chi connectivity index (χ2v) is 7.37. The van der Waals surface area contributed by atoms with Crippen molar-refractivity contribution < 1.29 is 9.21 Å². The smallest absolute Gasteiger partial charge is 0.258 e. The number of aromatic nitrogens is 1. The maximum absolute atomic E-state index is 12.3. The number of fused-ring (bicyclic) bond motifs is 1. The van der Waals surface area contributed by atoms with Crippen molar-refractivity contribution in [2.45, 2.75) is 39.2 Å². The van der Waals surface area contributed by atoms with Gasteiger partial charge in [0.1, 0.15) is 6.26 Å². The Hall–Kier alpha value is -2.79. The first-order valence-corrected chi connectivity index (χ1v) is 10.1. The summed E-state index contributed by atoms with van der Waals surface area (Å²) in [6.07, 6.45) is 10.9. The number of benzene rings is 1. The molecule has 1 aromatic carbocycles. The molecule has 0 unspecified atom stereocenters. The molecule has 1 aliphatic rings. The van der Waals surface area contributed by atoms with Crippen molar-refractivity contribution in [2.24, 2.45) is 0 Å². The molecule has 0 bridgehead atoms. The predicted octanol–water partition coefficient (Wildman–Crippen LogP) is 5.29. The zero-order valence-electron chi connectivity index (χ0n) is 16.5. The summed E-state index contributed by atoms with van der Waals surface area (Å²) in [6, 6.07) is 8.32. The largest absolute Gasteiger partial charge is 0.472 e. The Labute approximate surface area is 165 Å². The molecule has 146 valence electrons. The second-order valence-electron chi connectivity index (χ2n) is 7.37. The van der Waals surface area contributed by atoms with Crippen LogP contribution in [0.25, 0.3) is 16.5 Å². The monoisotopic (exact) mass is 377 g/mol. The number of nitrogens with zero attached hydrogens (tertiary/aromatic N) is 1. The Morgan fingerprint density at radius 2 is 2.14 bits per heavy atom. The van der Waals surface area contributed by atoms with Gasteiger partial charge in [0.15, 0.2) is 0 Å². The molecule has 2 aromatic heterocycles. The first kappa shape index (κ1) is 18.6. The summed E-state index contributed by atoms with van der Waals surface area (Å²) in [7, 11) is 0. The zero-order chi connectivity index (χ0) is 19.5. The van der Waals surface area contributed by atoms with Crippen LogP contribution < -0.4 is 5.32 Å². The van der Waals surface area contributed by atoms with E-state index in [2.05, 4.69) is 41.3 Å². The van der Waals surface area contributed by atoms with E-state index >= 15 is 0 Å². The number of carbonyl (C=O) groups is 1. The number of furan rings is 1. The van der Waals surface area contributed by atoms with Crippen LogP contribution in [0.4, 0.5) is 5.69 Å². The topological polar surface area (TPSA) is 61.3 Å².